The first-order valence-electron chi connectivity index (χ1n) is 5.86. The lowest BCUT2D eigenvalue weighted by atomic mass is 10.2. The standard InChI is InChI=1S/C14H9Br2FN2S/c15-9-3-1-2-8(4-9)7-19-13-5-10(16)11(17)6-12(13)18-14(19)20/h1-6H,7H2,(H,18,20). The number of aromatic amines is 1. The largest absolute Gasteiger partial charge is 0.330 e. The predicted molar refractivity (Wildman–Crippen MR) is 88.0 cm³/mol. The van der Waals surface area contributed by atoms with Crippen molar-refractivity contribution in [2.45, 2.75) is 6.54 Å². The van der Waals surface area contributed by atoms with Gasteiger partial charge in [-0.15, -0.1) is 0 Å². The lowest BCUT2D eigenvalue weighted by molar-refractivity contribution is 0.622. The molecule has 6 heteroatoms. The first-order chi connectivity index (χ1) is 9.54. The second-order valence-electron chi connectivity index (χ2n) is 4.43. The smallest absolute Gasteiger partial charge is 0.178 e. The van der Waals surface area contributed by atoms with E-state index in [0.717, 1.165) is 15.6 Å². The first-order valence-corrected chi connectivity index (χ1v) is 7.86. The van der Waals surface area contributed by atoms with Gasteiger partial charge in [0.25, 0.3) is 0 Å². The summed E-state index contributed by atoms with van der Waals surface area (Å²) in [6.07, 6.45) is 0. The number of imidazole rings is 1. The molecule has 3 rings (SSSR count). The lowest BCUT2D eigenvalue weighted by Gasteiger charge is -2.06. The molecule has 1 N–H and O–H groups in total. The minimum Gasteiger partial charge on any atom is -0.330 e. The molecule has 0 amide bonds. The number of aromatic nitrogens is 2. The van der Waals surface area contributed by atoms with Crippen molar-refractivity contribution in [2.75, 3.05) is 0 Å². The van der Waals surface area contributed by atoms with Gasteiger partial charge in [0.15, 0.2) is 4.77 Å². The molecule has 102 valence electrons. The summed E-state index contributed by atoms with van der Waals surface area (Å²) in [7, 11) is 0. The molecule has 2 nitrogen and oxygen atoms in total. The summed E-state index contributed by atoms with van der Waals surface area (Å²) in [6.45, 7) is 0.635. The molecule has 1 aromatic heterocycles. The lowest BCUT2D eigenvalue weighted by Crippen LogP contribution is -1.99. The Kier molecular flexibility index (Phi) is 3.79. The molecule has 0 spiro atoms. The van der Waals surface area contributed by atoms with Crippen LogP contribution in [-0.2, 0) is 6.54 Å². The van der Waals surface area contributed by atoms with E-state index in [1.54, 1.807) is 6.07 Å². The number of halogens is 3. The fraction of sp³-hybridized carbons (Fsp3) is 0.0714. The molecule has 3 aromatic rings. The summed E-state index contributed by atoms with van der Waals surface area (Å²) in [5, 5.41) is 0. The highest BCUT2D eigenvalue weighted by molar-refractivity contribution is 9.10. The summed E-state index contributed by atoms with van der Waals surface area (Å²) in [4.78, 5) is 3.04. The molecular weight excluding hydrogens is 407 g/mol. The average molecular weight is 416 g/mol. The van der Waals surface area contributed by atoms with Crippen LogP contribution < -0.4 is 0 Å². The summed E-state index contributed by atoms with van der Waals surface area (Å²) < 4.78 is 17.5. The first kappa shape index (κ1) is 14.0. The maximum absolute atomic E-state index is 13.6. The molecule has 0 aliphatic rings. The van der Waals surface area contributed by atoms with Gasteiger partial charge in [-0.3, -0.25) is 0 Å². The van der Waals surface area contributed by atoms with Crippen LogP contribution in [0.25, 0.3) is 11.0 Å². The second kappa shape index (κ2) is 5.42. The SMILES string of the molecule is Fc1cc2[nH]c(=S)n(Cc3cccc(Br)c3)c2cc1Br. The Morgan fingerprint density at radius 2 is 2.00 bits per heavy atom. The van der Waals surface area contributed by atoms with Gasteiger partial charge in [-0.05, 0) is 51.9 Å². The van der Waals surface area contributed by atoms with E-state index in [4.69, 9.17) is 12.2 Å². The molecule has 0 atom stereocenters. The Balaban J connectivity index is 2.14. The zero-order chi connectivity index (χ0) is 14.3. The Bertz CT molecular complexity index is 854. The maximum Gasteiger partial charge on any atom is 0.178 e. The second-order valence-corrected chi connectivity index (χ2v) is 6.59. The number of benzene rings is 2. The summed E-state index contributed by atoms with van der Waals surface area (Å²) in [6, 6.07) is 11.2. The molecule has 2 aromatic carbocycles. The molecule has 0 aliphatic carbocycles. The van der Waals surface area contributed by atoms with Crippen LogP contribution in [0.2, 0.25) is 0 Å². The quantitative estimate of drug-likeness (QED) is 0.555. The molecule has 0 saturated carbocycles. The van der Waals surface area contributed by atoms with E-state index in [2.05, 4.69) is 36.8 Å². The van der Waals surface area contributed by atoms with Gasteiger partial charge >= 0.3 is 0 Å². The van der Waals surface area contributed by atoms with E-state index in [9.17, 15) is 4.39 Å². The van der Waals surface area contributed by atoms with E-state index in [1.807, 2.05) is 28.8 Å². The van der Waals surface area contributed by atoms with Crippen LogP contribution in [0, 0.1) is 10.6 Å². The zero-order valence-corrected chi connectivity index (χ0v) is 14.1. The van der Waals surface area contributed by atoms with Gasteiger partial charge in [0.1, 0.15) is 5.82 Å². The predicted octanol–water partition coefficient (Wildman–Crippen LogP) is 5.41. The Labute approximate surface area is 136 Å². The Hall–Kier alpha value is -0.980. The van der Waals surface area contributed by atoms with Gasteiger partial charge in [-0.2, -0.15) is 0 Å². The van der Waals surface area contributed by atoms with E-state index in [1.165, 1.54) is 6.07 Å². The van der Waals surface area contributed by atoms with Gasteiger partial charge in [-0.25, -0.2) is 4.39 Å². The van der Waals surface area contributed by atoms with Gasteiger partial charge in [0.2, 0.25) is 0 Å². The minimum absolute atomic E-state index is 0.302. The monoisotopic (exact) mass is 414 g/mol. The van der Waals surface area contributed by atoms with Crippen molar-refractivity contribution in [3.8, 4) is 0 Å². The van der Waals surface area contributed by atoms with E-state index < -0.39 is 0 Å². The van der Waals surface area contributed by atoms with Gasteiger partial charge < -0.3 is 9.55 Å². The molecule has 0 bridgehead atoms. The van der Waals surface area contributed by atoms with Crippen LogP contribution in [-0.4, -0.2) is 9.55 Å². The molecule has 0 radical (unpaired) electrons. The van der Waals surface area contributed by atoms with Crippen LogP contribution in [0.3, 0.4) is 0 Å². The fourth-order valence-electron chi connectivity index (χ4n) is 2.13. The number of H-pyrrole nitrogens is 1. The van der Waals surface area contributed by atoms with Crippen molar-refractivity contribution in [1.29, 1.82) is 0 Å². The topological polar surface area (TPSA) is 20.7 Å². The van der Waals surface area contributed by atoms with E-state index in [0.29, 0.717) is 21.3 Å². The third kappa shape index (κ3) is 2.60. The number of hydrogen-bond donors (Lipinski definition) is 1. The normalized spacial score (nSPS) is 11.2. The highest BCUT2D eigenvalue weighted by Crippen LogP contribution is 2.24. The number of rotatable bonds is 2. The van der Waals surface area contributed by atoms with Crippen LogP contribution in [0.1, 0.15) is 5.56 Å². The van der Waals surface area contributed by atoms with Crippen molar-refractivity contribution in [3.63, 3.8) is 0 Å². The highest BCUT2D eigenvalue weighted by Gasteiger charge is 2.09. The Morgan fingerprint density at radius 3 is 2.75 bits per heavy atom. The van der Waals surface area contributed by atoms with Gasteiger partial charge in [0.05, 0.1) is 22.1 Å². The number of nitrogens with zero attached hydrogens (tertiary/aromatic N) is 1. The van der Waals surface area contributed by atoms with Crippen LogP contribution in [0.4, 0.5) is 4.39 Å². The van der Waals surface area contributed by atoms with Crippen molar-refractivity contribution >= 4 is 55.1 Å². The molecule has 0 aliphatic heterocycles. The number of fused-ring (bicyclic) bond motifs is 1. The molecular formula is C14H9Br2FN2S. The minimum atomic E-state index is -0.302. The van der Waals surface area contributed by atoms with Crippen molar-refractivity contribution in [3.05, 3.63) is 61.5 Å². The van der Waals surface area contributed by atoms with Crippen LogP contribution >= 0.6 is 44.1 Å². The maximum atomic E-state index is 13.6. The molecule has 1 heterocycles. The van der Waals surface area contributed by atoms with Crippen LogP contribution in [0.15, 0.2) is 45.3 Å². The highest BCUT2D eigenvalue weighted by atomic mass is 79.9. The number of nitrogens with one attached hydrogen (secondary N) is 1. The third-order valence-electron chi connectivity index (χ3n) is 3.05. The van der Waals surface area contributed by atoms with Gasteiger partial charge in [0, 0.05) is 10.5 Å². The number of hydrogen-bond acceptors (Lipinski definition) is 1. The molecule has 20 heavy (non-hydrogen) atoms. The summed E-state index contributed by atoms with van der Waals surface area (Å²) in [5.41, 5.74) is 2.70. The van der Waals surface area contributed by atoms with Crippen molar-refractivity contribution in [2.24, 2.45) is 0 Å². The van der Waals surface area contributed by atoms with Crippen LogP contribution in [0.5, 0.6) is 0 Å². The van der Waals surface area contributed by atoms with Crippen molar-refractivity contribution < 1.29 is 4.39 Å². The zero-order valence-electron chi connectivity index (χ0n) is 10.2. The summed E-state index contributed by atoms with van der Waals surface area (Å²) >= 11 is 12.0. The molecule has 0 unspecified atom stereocenters. The van der Waals surface area contributed by atoms with Gasteiger partial charge in [-0.1, -0.05) is 28.1 Å². The fourth-order valence-corrected chi connectivity index (χ4v) is 3.18. The Morgan fingerprint density at radius 1 is 1.20 bits per heavy atom. The summed E-state index contributed by atoms with van der Waals surface area (Å²) in [5.74, 6) is -0.302. The average Bonchev–Trinajstić information content (AvgIpc) is 2.67. The van der Waals surface area contributed by atoms with E-state index in [-0.39, 0.29) is 5.82 Å². The molecule has 0 fully saturated rings. The van der Waals surface area contributed by atoms with Crippen molar-refractivity contribution in [1.82, 2.24) is 9.55 Å². The van der Waals surface area contributed by atoms with E-state index >= 15 is 0 Å². The molecule has 0 saturated heterocycles. The third-order valence-corrected chi connectivity index (χ3v) is 4.47.